The molecule has 0 aromatic heterocycles. The van der Waals surface area contributed by atoms with Crippen molar-refractivity contribution in [2.24, 2.45) is 0 Å². The van der Waals surface area contributed by atoms with Gasteiger partial charge in [-0.3, -0.25) is 4.79 Å². The summed E-state index contributed by atoms with van der Waals surface area (Å²) in [5, 5.41) is 3.30. The minimum Gasteiger partial charge on any atom is -0.305 e. The first-order valence-electron chi connectivity index (χ1n) is 9.07. The van der Waals surface area contributed by atoms with Gasteiger partial charge in [-0.05, 0) is 50.3 Å². The average Bonchev–Trinajstić information content (AvgIpc) is 2.56. The zero-order chi connectivity index (χ0) is 18.0. The van der Waals surface area contributed by atoms with Gasteiger partial charge >= 0.3 is 0 Å². The van der Waals surface area contributed by atoms with Gasteiger partial charge in [0.05, 0.1) is 6.54 Å². The first-order valence-corrected chi connectivity index (χ1v) is 9.07. The summed E-state index contributed by atoms with van der Waals surface area (Å²) in [6, 6.07) is 16.6. The van der Waals surface area contributed by atoms with Gasteiger partial charge in [0.15, 0.2) is 0 Å². The Kier molecular flexibility index (Phi) is 4.96. The molecule has 1 amide bonds. The third-order valence-corrected chi connectivity index (χ3v) is 5.06. The van der Waals surface area contributed by atoms with Crippen LogP contribution in [-0.2, 0) is 11.3 Å². The molecule has 132 valence electrons. The van der Waals surface area contributed by atoms with E-state index in [1.54, 1.807) is 0 Å². The van der Waals surface area contributed by atoms with Crippen LogP contribution in [0.3, 0.4) is 0 Å². The van der Waals surface area contributed by atoms with E-state index < -0.39 is 0 Å². The molecule has 3 nitrogen and oxygen atoms in total. The molecule has 1 aliphatic rings. The van der Waals surface area contributed by atoms with Crippen molar-refractivity contribution in [2.75, 3.05) is 11.4 Å². The maximum absolute atomic E-state index is 13.0. The molecule has 0 radical (unpaired) electrons. The van der Waals surface area contributed by atoms with E-state index in [2.05, 4.69) is 63.3 Å². The van der Waals surface area contributed by atoms with Gasteiger partial charge < -0.3 is 10.2 Å². The van der Waals surface area contributed by atoms with E-state index in [9.17, 15) is 4.79 Å². The summed E-state index contributed by atoms with van der Waals surface area (Å²) >= 11 is 0. The van der Waals surface area contributed by atoms with Crippen LogP contribution >= 0.6 is 0 Å². The van der Waals surface area contributed by atoms with E-state index in [4.69, 9.17) is 0 Å². The van der Waals surface area contributed by atoms with E-state index >= 15 is 0 Å². The monoisotopic (exact) mass is 336 g/mol. The summed E-state index contributed by atoms with van der Waals surface area (Å²) in [7, 11) is 0. The highest BCUT2D eigenvalue weighted by Gasteiger charge is 2.39. The summed E-state index contributed by atoms with van der Waals surface area (Å²) in [4.78, 5) is 15.0. The van der Waals surface area contributed by atoms with Crippen LogP contribution in [0.2, 0.25) is 0 Å². The van der Waals surface area contributed by atoms with Gasteiger partial charge in [-0.15, -0.1) is 0 Å². The number of rotatable bonds is 4. The van der Waals surface area contributed by atoms with Crippen molar-refractivity contribution in [2.45, 2.75) is 52.1 Å². The molecular weight excluding hydrogens is 308 g/mol. The van der Waals surface area contributed by atoms with E-state index in [-0.39, 0.29) is 11.4 Å². The summed E-state index contributed by atoms with van der Waals surface area (Å²) in [6.45, 7) is 9.76. The van der Waals surface area contributed by atoms with Crippen LogP contribution in [0.25, 0.3) is 0 Å². The lowest BCUT2D eigenvalue weighted by Gasteiger charge is -2.46. The molecule has 1 N–H and O–H groups in total. The van der Waals surface area contributed by atoms with Gasteiger partial charge in [0.1, 0.15) is 0 Å². The fourth-order valence-corrected chi connectivity index (χ4v) is 4.01. The molecule has 0 saturated carbocycles. The second-order valence-electron chi connectivity index (χ2n) is 7.80. The molecule has 0 aliphatic carbocycles. The van der Waals surface area contributed by atoms with Crippen LogP contribution in [0.4, 0.5) is 5.69 Å². The van der Waals surface area contributed by atoms with E-state index in [0.29, 0.717) is 19.0 Å². The molecule has 2 aromatic carbocycles. The van der Waals surface area contributed by atoms with Crippen LogP contribution in [0, 0.1) is 6.92 Å². The normalized spacial score (nSPS) is 18.7. The maximum Gasteiger partial charge on any atom is 0.241 e. The lowest BCUT2D eigenvalue weighted by Crippen LogP contribution is -2.54. The average molecular weight is 336 g/mol. The van der Waals surface area contributed by atoms with Crippen LogP contribution < -0.4 is 10.2 Å². The van der Waals surface area contributed by atoms with Crippen molar-refractivity contribution in [3.05, 3.63) is 65.2 Å². The SMILES string of the molecule is Cc1ccc2c(c1)[C@@H](C)CC(C)(C)N2C(=O)CNCc1ccccc1. The topological polar surface area (TPSA) is 32.3 Å². The van der Waals surface area contributed by atoms with Gasteiger partial charge in [0, 0.05) is 17.8 Å². The number of hydrogen-bond acceptors (Lipinski definition) is 2. The van der Waals surface area contributed by atoms with E-state index in [0.717, 1.165) is 12.1 Å². The molecule has 1 aliphatic heterocycles. The Hall–Kier alpha value is -2.13. The number of aryl methyl sites for hydroxylation is 1. The molecule has 2 aromatic rings. The van der Waals surface area contributed by atoms with Gasteiger partial charge in [0.25, 0.3) is 0 Å². The second kappa shape index (κ2) is 7.01. The highest BCUT2D eigenvalue weighted by atomic mass is 16.2. The second-order valence-corrected chi connectivity index (χ2v) is 7.80. The zero-order valence-electron chi connectivity index (χ0n) is 15.7. The number of benzene rings is 2. The van der Waals surface area contributed by atoms with Crippen molar-refractivity contribution >= 4 is 11.6 Å². The summed E-state index contributed by atoms with van der Waals surface area (Å²) in [6.07, 6.45) is 0.980. The Labute approximate surface area is 151 Å². The standard InChI is InChI=1S/C22H28N2O/c1-16-10-11-20-19(12-16)17(2)13-22(3,4)24(20)21(25)15-23-14-18-8-6-5-7-9-18/h5-12,17,23H,13-15H2,1-4H3/t17-/m0/s1. The zero-order valence-corrected chi connectivity index (χ0v) is 15.7. The Morgan fingerprint density at radius 1 is 1.20 bits per heavy atom. The van der Waals surface area contributed by atoms with Gasteiger partial charge in [-0.1, -0.05) is 55.0 Å². The molecule has 0 saturated heterocycles. The molecule has 3 heteroatoms. The number of amides is 1. The third-order valence-electron chi connectivity index (χ3n) is 5.06. The smallest absolute Gasteiger partial charge is 0.241 e. The predicted octanol–water partition coefficient (Wildman–Crippen LogP) is 4.40. The fourth-order valence-electron chi connectivity index (χ4n) is 4.01. The number of nitrogens with one attached hydrogen (secondary N) is 1. The highest BCUT2D eigenvalue weighted by Crippen LogP contribution is 2.43. The quantitative estimate of drug-likeness (QED) is 0.897. The summed E-state index contributed by atoms with van der Waals surface area (Å²) in [5.41, 5.74) is 4.63. The van der Waals surface area contributed by atoms with Crippen molar-refractivity contribution in [3.63, 3.8) is 0 Å². The Morgan fingerprint density at radius 3 is 2.64 bits per heavy atom. The van der Waals surface area contributed by atoms with Crippen LogP contribution in [0.5, 0.6) is 0 Å². The first-order chi connectivity index (χ1) is 11.9. The summed E-state index contributed by atoms with van der Waals surface area (Å²) in [5.74, 6) is 0.601. The molecular formula is C22H28N2O. The number of hydrogen-bond donors (Lipinski definition) is 1. The molecule has 0 unspecified atom stereocenters. The van der Waals surface area contributed by atoms with Crippen molar-refractivity contribution in [1.82, 2.24) is 5.32 Å². The van der Waals surface area contributed by atoms with E-state index in [1.165, 1.54) is 16.7 Å². The molecule has 25 heavy (non-hydrogen) atoms. The van der Waals surface area contributed by atoms with Gasteiger partial charge in [-0.25, -0.2) is 0 Å². The first kappa shape index (κ1) is 17.7. The van der Waals surface area contributed by atoms with Gasteiger partial charge in [-0.2, -0.15) is 0 Å². The fraction of sp³-hybridized carbons (Fsp3) is 0.409. The Balaban J connectivity index is 1.77. The molecule has 3 rings (SSSR count). The van der Waals surface area contributed by atoms with Crippen molar-refractivity contribution in [3.8, 4) is 0 Å². The lowest BCUT2D eigenvalue weighted by atomic mass is 9.79. The molecule has 0 bridgehead atoms. The van der Waals surface area contributed by atoms with Crippen molar-refractivity contribution < 1.29 is 4.79 Å². The molecule has 0 fully saturated rings. The molecule has 1 atom stereocenters. The molecule has 1 heterocycles. The van der Waals surface area contributed by atoms with Crippen molar-refractivity contribution in [1.29, 1.82) is 0 Å². The minimum atomic E-state index is -0.173. The largest absolute Gasteiger partial charge is 0.305 e. The number of carbonyl (C=O) groups is 1. The van der Waals surface area contributed by atoms with Crippen LogP contribution in [0.15, 0.2) is 48.5 Å². The number of nitrogens with zero attached hydrogens (tertiary/aromatic N) is 1. The third kappa shape index (κ3) is 3.77. The molecule has 0 spiro atoms. The Morgan fingerprint density at radius 2 is 1.92 bits per heavy atom. The summed E-state index contributed by atoms with van der Waals surface area (Å²) < 4.78 is 0. The predicted molar refractivity (Wildman–Crippen MR) is 104 cm³/mol. The number of carbonyl (C=O) groups excluding carboxylic acids is 1. The van der Waals surface area contributed by atoms with E-state index in [1.807, 2.05) is 23.1 Å². The lowest BCUT2D eigenvalue weighted by molar-refractivity contribution is -0.119. The number of anilines is 1. The minimum absolute atomic E-state index is 0.137. The maximum atomic E-state index is 13.0. The highest BCUT2D eigenvalue weighted by molar-refractivity contribution is 5.97. The Bertz CT molecular complexity index is 752. The van der Waals surface area contributed by atoms with Crippen LogP contribution in [0.1, 0.15) is 49.8 Å². The number of fused-ring (bicyclic) bond motifs is 1. The van der Waals surface area contributed by atoms with Crippen LogP contribution in [-0.4, -0.2) is 18.0 Å². The van der Waals surface area contributed by atoms with Gasteiger partial charge in [0.2, 0.25) is 5.91 Å².